The maximum Gasteiger partial charge on any atom is 0.326 e. The van der Waals surface area contributed by atoms with Crippen LogP contribution in [0, 0.1) is 5.41 Å². The van der Waals surface area contributed by atoms with Crippen molar-refractivity contribution >= 4 is 82.8 Å². The minimum Gasteiger partial charge on any atom is -0.508 e. The number of carboxylic acids is 1. The number of rotatable bonds is 34. The predicted molar refractivity (Wildman–Crippen MR) is 303 cm³/mol. The van der Waals surface area contributed by atoms with E-state index < -0.39 is 194 Å². The molecule has 14 atom stereocenters. The second-order valence-corrected chi connectivity index (χ2v) is 21.2. The second-order valence-electron chi connectivity index (χ2n) is 21.2. The molecule has 2 saturated heterocycles. The van der Waals surface area contributed by atoms with E-state index in [0.717, 1.165) is 18.7 Å². The molecule has 2 aliphatic rings. The standard InChI is InChI=1S/C52H82N16O20/c1-23(70)38(54)46(82)63-31(18-27-11-13-28(74)14-12-27)49(85)67-16-6-9-33(67)45(81)61-29(8-5-15-57-52(55)56)43(79)66-40(25(3)72)48(84)62-30(19-35(53)75)44(80)65-39(24(2)71)47(83)59-20-36(76)60-32(22-69)42(78)58-21-37(77)64-41(26(4)73)50(86)68-17-7-10-34(68)51(87)88/h11-14,23-26,29-34,38-41,69-74H,5-10,15-22,54H2,1-4H3,(H2,53,75)(H,58,78)(H,59,83)(H,60,76)(H,61,81)(H,62,84)(H,63,82)(H,64,77)(H,65,80)(H,66,79)(H,87,88)(H4,55,56,57)/t23-,24-,25-,26-,29+,30+,31+,32+,33+,34+,38+,39+,40+,41+/m1/s1. The van der Waals surface area contributed by atoms with Gasteiger partial charge in [0.05, 0.1) is 50.5 Å². The fourth-order valence-electron chi connectivity index (χ4n) is 9.20. The Morgan fingerprint density at radius 1 is 0.580 bits per heavy atom. The molecule has 12 amide bonds. The van der Waals surface area contributed by atoms with Gasteiger partial charge in [0.25, 0.3) is 0 Å². The summed E-state index contributed by atoms with van der Waals surface area (Å²) in [5.74, 6) is -14.8. The van der Waals surface area contributed by atoms with Crippen molar-refractivity contribution in [1.29, 1.82) is 5.41 Å². The minimum atomic E-state index is -2.00. The number of aliphatic hydroxyl groups is 5. The van der Waals surface area contributed by atoms with Crippen LogP contribution in [0.25, 0.3) is 0 Å². The van der Waals surface area contributed by atoms with E-state index in [1.165, 1.54) is 43.0 Å². The first-order valence-electron chi connectivity index (χ1n) is 28.0. The molecule has 0 saturated carbocycles. The van der Waals surface area contributed by atoms with E-state index in [1.807, 2.05) is 0 Å². The molecular weight excluding hydrogens is 1170 g/mol. The van der Waals surface area contributed by atoms with E-state index in [4.69, 9.17) is 22.6 Å². The molecule has 2 fully saturated rings. The highest BCUT2D eigenvalue weighted by atomic mass is 16.4. The number of primary amides is 1. The van der Waals surface area contributed by atoms with E-state index in [1.54, 1.807) is 0 Å². The molecule has 36 heteroatoms. The highest BCUT2D eigenvalue weighted by Gasteiger charge is 2.42. The van der Waals surface area contributed by atoms with Crippen LogP contribution < -0.4 is 70.4 Å². The Morgan fingerprint density at radius 3 is 1.61 bits per heavy atom. The number of hydrogen-bond acceptors (Lipinski definition) is 21. The number of carbonyl (C=O) groups is 13. The Morgan fingerprint density at radius 2 is 1.09 bits per heavy atom. The number of nitrogens with one attached hydrogen (secondary N) is 11. The van der Waals surface area contributed by atoms with Crippen LogP contribution in [0.3, 0.4) is 0 Å². The Labute approximate surface area is 504 Å². The molecule has 0 unspecified atom stereocenters. The van der Waals surface area contributed by atoms with Gasteiger partial charge in [-0.3, -0.25) is 62.9 Å². The van der Waals surface area contributed by atoms with Gasteiger partial charge in [0.2, 0.25) is 70.9 Å². The van der Waals surface area contributed by atoms with Gasteiger partial charge >= 0.3 is 5.97 Å². The lowest BCUT2D eigenvalue weighted by molar-refractivity contribution is -0.150. The number of aliphatic carboxylic acids is 1. The topological polar surface area (TPSA) is 592 Å². The monoisotopic (exact) mass is 1250 g/mol. The number of nitrogens with two attached hydrogens (primary N) is 3. The maximum atomic E-state index is 14.2. The Balaban J connectivity index is 1.71. The third-order valence-electron chi connectivity index (χ3n) is 14.0. The molecule has 24 N–H and O–H groups in total. The largest absolute Gasteiger partial charge is 0.508 e. The van der Waals surface area contributed by atoms with Crippen LogP contribution in [0.2, 0.25) is 0 Å². The Kier molecular flexibility index (Phi) is 29.3. The van der Waals surface area contributed by atoms with Crippen LogP contribution in [0.4, 0.5) is 0 Å². The average Bonchev–Trinajstić information content (AvgIpc) is 2.01. The summed E-state index contributed by atoms with van der Waals surface area (Å²) in [6.07, 6.45) is -6.85. The van der Waals surface area contributed by atoms with E-state index in [0.29, 0.717) is 12.0 Å². The molecule has 0 bridgehead atoms. The van der Waals surface area contributed by atoms with Crippen molar-refractivity contribution in [3.05, 3.63) is 29.8 Å². The molecule has 3 rings (SSSR count). The average molecular weight is 1250 g/mol. The number of carbonyl (C=O) groups excluding carboxylic acids is 12. The quantitative estimate of drug-likeness (QED) is 0.0173. The fraction of sp³-hybridized carbons (Fsp3) is 0.615. The third-order valence-corrected chi connectivity index (χ3v) is 14.0. The second kappa shape index (κ2) is 35.1. The highest BCUT2D eigenvalue weighted by Crippen LogP contribution is 2.22. The lowest BCUT2D eigenvalue weighted by atomic mass is 10.0. The van der Waals surface area contributed by atoms with Crippen LogP contribution in [-0.2, 0) is 68.7 Å². The van der Waals surface area contributed by atoms with Crippen LogP contribution in [0.1, 0.15) is 78.2 Å². The van der Waals surface area contributed by atoms with E-state index >= 15 is 0 Å². The zero-order valence-corrected chi connectivity index (χ0v) is 48.9. The van der Waals surface area contributed by atoms with Crippen molar-refractivity contribution in [1.82, 2.24) is 63.0 Å². The summed E-state index contributed by atoms with van der Waals surface area (Å²) in [5.41, 5.74) is 17.1. The number of phenolic OH excluding ortho intramolecular Hbond substituents is 1. The van der Waals surface area contributed by atoms with Crippen molar-refractivity contribution in [3.8, 4) is 5.75 Å². The summed E-state index contributed by atoms with van der Waals surface area (Å²) in [6.45, 7) is 1.64. The number of guanidine groups is 1. The highest BCUT2D eigenvalue weighted by molar-refractivity contribution is 6.00. The molecule has 1 aromatic carbocycles. The van der Waals surface area contributed by atoms with Crippen LogP contribution in [0.15, 0.2) is 24.3 Å². The first-order chi connectivity index (χ1) is 41.3. The van der Waals surface area contributed by atoms with Crippen LogP contribution in [0.5, 0.6) is 5.75 Å². The molecule has 490 valence electrons. The zero-order valence-electron chi connectivity index (χ0n) is 48.9. The molecule has 2 aliphatic heterocycles. The smallest absolute Gasteiger partial charge is 0.326 e. The summed E-state index contributed by atoms with van der Waals surface area (Å²) in [5, 5.41) is 101. The molecule has 2 heterocycles. The number of nitrogens with zero attached hydrogens (tertiary/aromatic N) is 2. The molecule has 36 nitrogen and oxygen atoms in total. The van der Waals surface area contributed by atoms with Crippen LogP contribution >= 0.6 is 0 Å². The zero-order chi connectivity index (χ0) is 66.3. The van der Waals surface area contributed by atoms with Crippen molar-refractivity contribution < 1.29 is 98.1 Å². The van der Waals surface area contributed by atoms with E-state index in [2.05, 4.69) is 53.2 Å². The van der Waals surface area contributed by atoms with E-state index in [9.17, 15) is 98.1 Å². The van der Waals surface area contributed by atoms with Gasteiger partial charge in [0, 0.05) is 26.1 Å². The van der Waals surface area contributed by atoms with Crippen molar-refractivity contribution in [2.75, 3.05) is 39.3 Å². The third kappa shape index (κ3) is 22.8. The number of aliphatic hydroxyl groups excluding tert-OH is 5. The lowest BCUT2D eigenvalue weighted by Gasteiger charge is -2.31. The molecule has 0 radical (unpaired) electrons. The van der Waals surface area contributed by atoms with E-state index in [-0.39, 0.29) is 63.9 Å². The predicted octanol–water partition coefficient (Wildman–Crippen LogP) is -10.4. The van der Waals surface area contributed by atoms with Gasteiger partial charge < -0.3 is 116 Å². The summed E-state index contributed by atoms with van der Waals surface area (Å²) in [7, 11) is 0. The number of phenols is 1. The number of amides is 12. The van der Waals surface area contributed by atoms with Crippen LogP contribution in [-0.4, -0.2) is 253 Å². The SMILES string of the molecule is C[C@@H](O)[C@H](N)C(=O)N[C@@H](Cc1ccc(O)cc1)C(=O)N1CCC[C@H]1C(=O)N[C@@H](CCCNC(=N)N)C(=O)N[C@H](C(=O)N[C@@H](CC(N)=O)C(=O)N[C@H](C(=O)NCC(=O)N[C@@H](CO)C(=O)NCC(=O)N[C@H](C(=O)N1CCC[C@H]1C(=O)O)[C@@H](C)O)[C@@H](C)O)[C@@H](C)O. The fourth-order valence-corrected chi connectivity index (χ4v) is 9.20. The van der Waals surface area contributed by atoms with Gasteiger partial charge in [-0.2, -0.15) is 0 Å². The molecular formula is C52H82N16O20. The Hall–Kier alpha value is -8.84. The van der Waals surface area contributed by atoms with Gasteiger partial charge in [0.15, 0.2) is 5.96 Å². The first kappa shape index (κ1) is 73.4. The normalized spacial score (nSPS) is 18.7. The minimum absolute atomic E-state index is 0.00710. The maximum absolute atomic E-state index is 14.2. The first-order valence-corrected chi connectivity index (χ1v) is 28.0. The van der Waals surface area contributed by atoms with Crippen molar-refractivity contribution in [2.24, 2.45) is 17.2 Å². The van der Waals surface area contributed by atoms with Gasteiger partial charge in [-0.15, -0.1) is 0 Å². The molecule has 0 aliphatic carbocycles. The lowest BCUT2D eigenvalue weighted by Crippen LogP contribution is -2.62. The molecule has 0 aromatic heterocycles. The number of aromatic hydroxyl groups is 1. The Bertz CT molecular complexity index is 2680. The van der Waals surface area contributed by atoms with Crippen molar-refractivity contribution in [2.45, 2.75) is 164 Å². The number of likely N-dealkylation sites (tertiary alicyclic amines) is 2. The van der Waals surface area contributed by atoms with Gasteiger partial charge in [-0.05, 0) is 83.9 Å². The summed E-state index contributed by atoms with van der Waals surface area (Å²) >= 11 is 0. The molecule has 1 aromatic rings. The van der Waals surface area contributed by atoms with Crippen molar-refractivity contribution in [3.63, 3.8) is 0 Å². The molecule has 0 spiro atoms. The van der Waals surface area contributed by atoms with Gasteiger partial charge in [0.1, 0.15) is 66.2 Å². The summed E-state index contributed by atoms with van der Waals surface area (Å²) < 4.78 is 0. The van der Waals surface area contributed by atoms with Gasteiger partial charge in [-0.1, -0.05) is 12.1 Å². The van der Waals surface area contributed by atoms with Gasteiger partial charge in [-0.25, -0.2) is 4.79 Å². The molecule has 88 heavy (non-hydrogen) atoms. The number of carboxylic acid groups (broad SMARTS) is 1. The summed E-state index contributed by atoms with van der Waals surface area (Å²) in [4.78, 5) is 174. The number of benzene rings is 1. The number of hydrogen-bond donors (Lipinski definition) is 21. The summed E-state index contributed by atoms with van der Waals surface area (Å²) in [6, 6.07) is -10.4.